The summed E-state index contributed by atoms with van der Waals surface area (Å²) in [7, 11) is 1.77. The van der Waals surface area contributed by atoms with Crippen LogP contribution < -0.4 is 11.1 Å². The van der Waals surface area contributed by atoms with E-state index in [1.54, 1.807) is 24.3 Å². The minimum atomic E-state index is -0.494. The molecule has 0 aromatic carbocycles. The highest BCUT2D eigenvalue weighted by atomic mass is 16.2. The molecule has 0 bridgehead atoms. The van der Waals surface area contributed by atoms with Gasteiger partial charge in [-0.15, -0.1) is 0 Å². The Labute approximate surface area is 153 Å². The second-order valence-corrected chi connectivity index (χ2v) is 7.34. The van der Waals surface area contributed by atoms with E-state index < -0.39 is 5.91 Å². The van der Waals surface area contributed by atoms with Crippen LogP contribution in [0.2, 0.25) is 0 Å². The van der Waals surface area contributed by atoms with Crippen LogP contribution >= 0.6 is 0 Å². The van der Waals surface area contributed by atoms with Crippen molar-refractivity contribution in [3.63, 3.8) is 0 Å². The van der Waals surface area contributed by atoms with E-state index in [2.05, 4.69) is 36.2 Å². The molecular weight excluding hydrogens is 332 g/mol. The zero-order chi connectivity index (χ0) is 19.3. The van der Waals surface area contributed by atoms with E-state index in [9.17, 15) is 9.59 Å². The first-order valence-corrected chi connectivity index (χ1v) is 8.41. The number of urea groups is 1. The number of hydrogen-bond donors (Lipinski definition) is 2. The SMILES string of the molecule is CN(C(=O)Nc1cnn(CC(N)=O)c1)C(Cc1ccccn1)C(C)(C)C. The number of aromatic nitrogens is 3. The molecule has 2 aromatic rings. The standard InChI is InChI=1S/C18H26N6O2/c1-18(2,3)15(9-13-7-5-6-8-20-13)23(4)17(26)22-14-10-21-24(11-14)12-16(19)25/h5-8,10-11,15H,9,12H2,1-4H3,(H2,19,25)(H,22,26). The molecule has 0 fully saturated rings. The fourth-order valence-electron chi connectivity index (χ4n) is 2.77. The van der Waals surface area contributed by atoms with Gasteiger partial charge in [-0.25, -0.2) is 4.79 Å². The van der Waals surface area contributed by atoms with Gasteiger partial charge >= 0.3 is 6.03 Å². The lowest BCUT2D eigenvalue weighted by Gasteiger charge is -2.38. The van der Waals surface area contributed by atoms with Gasteiger partial charge in [0.2, 0.25) is 5.91 Å². The molecule has 2 rings (SSSR count). The molecule has 2 aromatic heterocycles. The van der Waals surface area contributed by atoms with Gasteiger partial charge in [-0.05, 0) is 17.5 Å². The van der Waals surface area contributed by atoms with Gasteiger partial charge in [-0.1, -0.05) is 26.8 Å². The van der Waals surface area contributed by atoms with Crippen molar-refractivity contribution in [3.8, 4) is 0 Å². The van der Waals surface area contributed by atoms with Crippen LogP contribution in [0.25, 0.3) is 0 Å². The van der Waals surface area contributed by atoms with E-state index in [1.807, 2.05) is 18.2 Å². The number of amides is 3. The molecule has 0 spiro atoms. The molecule has 0 aliphatic carbocycles. The second kappa shape index (κ2) is 7.99. The van der Waals surface area contributed by atoms with Crippen LogP contribution in [0.4, 0.5) is 10.5 Å². The summed E-state index contributed by atoms with van der Waals surface area (Å²) in [6.07, 6.45) is 5.46. The highest BCUT2D eigenvalue weighted by molar-refractivity contribution is 5.89. The van der Waals surface area contributed by atoms with Crippen molar-refractivity contribution in [2.45, 2.75) is 39.8 Å². The predicted molar refractivity (Wildman–Crippen MR) is 99.4 cm³/mol. The zero-order valence-corrected chi connectivity index (χ0v) is 15.6. The first kappa shape index (κ1) is 19.4. The number of carbonyl (C=O) groups excluding carboxylic acids is 2. The van der Waals surface area contributed by atoms with E-state index in [-0.39, 0.29) is 24.0 Å². The molecule has 8 heteroatoms. The molecule has 0 saturated heterocycles. The molecule has 2 heterocycles. The summed E-state index contributed by atoms with van der Waals surface area (Å²) in [6.45, 7) is 6.25. The van der Waals surface area contributed by atoms with Crippen LogP contribution in [0.15, 0.2) is 36.8 Å². The second-order valence-electron chi connectivity index (χ2n) is 7.34. The quantitative estimate of drug-likeness (QED) is 0.822. The van der Waals surface area contributed by atoms with E-state index >= 15 is 0 Å². The van der Waals surface area contributed by atoms with Crippen LogP contribution in [0.3, 0.4) is 0 Å². The summed E-state index contributed by atoms with van der Waals surface area (Å²) >= 11 is 0. The molecule has 1 atom stereocenters. The number of primary amides is 1. The molecular formula is C18H26N6O2. The average Bonchev–Trinajstić information content (AvgIpc) is 2.98. The molecule has 0 saturated carbocycles. The zero-order valence-electron chi connectivity index (χ0n) is 15.6. The normalized spacial score (nSPS) is 12.5. The van der Waals surface area contributed by atoms with Crippen LogP contribution in [-0.4, -0.2) is 44.7 Å². The molecule has 0 radical (unpaired) electrons. The average molecular weight is 358 g/mol. The summed E-state index contributed by atoms with van der Waals surface area (Å²) in [5, 5.41) is 6.81. The third-order valence-corrected chi connectivity index (χ3v) is 4.12. The number of nitrogens with zero attached hydrogens (tertiary/aromatic N) is 4. The summed E-state index contributed by atoms with van der Waals surface area (Å²) in [6, 6.07) is 5.46. The Kier molecular flexibility index (Phi) is 5.97. The monoisotopic (exact) mass is 358 g/mol. The minimum Gasteiger partial charge on any atom is -0.368 e. The van der Waals surface area contributed by atoms with Gasteiger partial charge in [0.25, 0.3) is 0 Å². The number of carbonyl (C=O) groups is 2. The highest BCUT2D eigenvalue weighted by Gasteiger charge is 2.31. The summed E-state index contributed by atoms with van der Waals surface area (Å²) in [4.78, 5) is 29.7. The van der Waals surface area contributed by atoms with Crippen molar-refractivity contribution in [2.75, 3.05) is 12.4 Å². The number of nitrogens with one attached hydrogen (secondary N) is 1. The number of rotatable bonds is 6. The maximum Gasteiger partial charge on any atom is 0.321 e. The van der Waals surface area contributed by atoms with Gasteiger partial charge in [-0.2, -0.15) is 5.10 Å². The van der Waals surface area contributed by atoms with Gasteiger partial charge in [-0.3, -0.25) is 14.5 Å². The molecule has 8 nitrogen and oxygen atoms in total. The number of pyridine rings is 1. The summed E-state index contributed by atoms with van der Waals surface area (Å²) in [5.74, 6) is -0.494. The van der Waals surface area contributed by atoms with Gasteiger partial charge in [0.1, 0.15) is 6.54 Å². The Morgan fingerprint density at radius 1 is 1.35 bits per heavy atom. The Bertz CT molecular complexity index is 751. The van der Waals surface area contributed by atoms with Crippen molar-refractivity contribution < 1.29 is 9.59 Å². The molecule has 0 aliphatic heterocycles. The number of anilines is 1. The van der Waals surface area contributed by atoms with Crippen molar-refractivity contribution >= 4 is 17.6 Å². The van der Waals surface area contributed by atoms with E-state index in [0.29, 0.717) is 12.1 Å². The Balaban J connectivity index is 2.09. The molecule has 0 aliphatic rings. The molecule has 3 N–H and O–H groups in total. The fraction of sp³-hybridized carbons (Fsp3) is 0.444. The molecule has 26 heavy (non-hydrogen) atoms. The first-order valence-electron chi connectivity index (χ1n) is 8.41. The first-order chi connectivity index (χ1) is 12.2. The van der Waals surface area contributed by atoms with E-state index in [4.69, 9.17) is 5.73 Å². The van der Waals surface area contributed by atoms with Gasteiger partial charge in [0.05, 0.1) is 11.9 Å². The van der Waals surface area contributed by atoms with Gasteiger partial charge < -0.3 is 16.0 Å². The number of nitrogens with two attached hydrogens (primary N) is 1. The topological polar surface area (TPSA) is 106 Å². The van der Waals surface area contributed by atoms with Crippen LogP contribution in [0, 0.1) is 5.41 Å². The fourth-order valence-corrected chi connectivity index (χ4v) is 2.77. The lowest BCUT2D eigenvalue weighted by Crippen LogP contribution is -2.48. The smallest absolute Gasteiger partial charge is 0.321 e. The summed E-state index contributed by atoms with van der Waals surface area (Å²) < 4.78 is 1.38. The van der Waals surface area contributed by atoms with Crippen LogP contribution in [0.1, 0.15) is 26.5 Å². The Hall–Kier alpha value is -2.90. The maximum absolute atomic E-state index is 12.7. The highest BCUT2D eigenvalue weighted by Crippen LogP contribution is 2.27. The maximum atomic E-state index is 12.7. The van der Waals surface area contributed by atoms with Gasteiger partial charge in [0, 0.05) is 37.6 Å². The third-order valence-electron chi connectivity index (χ3n) is 4.12. The van der Waals surface area contributed by atoms with Crippen molar-refractivity contribution in [1.29, 1.82) is 0 Å². The lowest BCUT2D eigenvalue weighted by molar-refractivity contribution is -0.118. The van der Waals surface area contributed by atoms with Crippen molar-refractivity contribution in [3.05, 3.63) is 42.5 Å². The van der Waals surface area contributed by atoms with Crippen molar-refractivity contribution in [1.82, 2.24) is 19.7 Å². The number of hydrogen-bond acceptors (Lipinski definition) is 4. The Morgan fingerprint density at radius 3 is 2.65 bits per heavy atom. The molecule has 1 unspecified atom stereocenters. The predicted octanol–water partition coefficient (Wildman–Crippen LogP) is 1.88. The van der Waals surface area contributed by atoms with E-state index in [0.717, 1.165) is 5.69 Å². The van der Waals surface area contributed by atoms with E-state index in [1.165, 1.54) is 10.9 Å². The third kappa shape index (κ3) is 5.30. The molecule has 140 valence electrons. The Morgan fingerprint density at radius 2 is 2.08 bits per heavy atom. The lowest BCUT2D eigenvalue weighted by atomic mass is 9.83. The molecule has 3 amide bonds. The number of likely N-dealkylation sites (N-methyl/N-ethyl adjacent to an activating group) is 1. The van der Waals surface area contributed by atoms with Crippen LogP contribution in [0.5, 0.6) is 0 Å². The van der Waals surface area contributed by atoms with Gasteiger partial charge in [0.15, 0.2) is 0 Å². The summed E-state index contributed by atoms with van der Waals surface area (Å²) in [5.41, 5.74) is 6.44. The van der Waals surface area contributed by atoms with Crippen LogP contribution in [-0.2, 0) is 17.8 Å². The largest absolute Gasteiger partial charge is 0.368 e. The van der Waals surface area contributed by atoms with Crippen molar-refractivity contribution in [2.24, 2.45) is 11.1 Å². The minimum absolute atomic E-state index is 0.0317.